The number of rotatable bonds is 9. The normalized spacial score (nSPS) is 12.4. The number of nitrogens with one attached hydrogen (secondary N) is 1. The summed E-state index contributed by atoms with van der Waals surface area (Å²) in [5.41, 5.74) is 4.85. The first kappa shape index (κ1) is 22.9. The molecule has 0 fully saturated rings. The molecule has 2 aromatic rings. The fourth-order valence-corrected chi connectivity index (χ4v) is 4.34. The van der Waals surface area contributed by atoms with Crippen molar-refractivity contribution >= 4 is 21.6 Å². The number of carbonyl (C=O) groups is 1. The molecule has 0 aliphatic carbocycles. The molecule has 0 radical (unpaired) electrons. The van der Waals surface area contributed by atoms with E-state index in [2.05, 4.69) is 5.32 Å². The van der Waals surface area contributed by atoms with Crippen molar-refractivity contribution in [3.63, 3.8) is 0 Å². The van der Waals surface area contributed by atoms with Crippen LogP contribution >= 0.6 is 0 Å². The van der Waals surface area contributed by atoms with Gasteiger partial charge in [-0.2, -0.15) is 0 Å². The Morgan fingerprint density at radius 1 is 1.03 bits per heavy atom. The lowest BCUT2D eigenvalue weighted by molar-refractivity contribution is -0.121. The van der Waals surface area contributed by atoms with Gasteiger partial charge < -0.3 is 5.32 Å². The van der Waals surface area contributed by atoms with Gasteiger partial charge in [-0.1, -0.05) is 48.9 Å². The molecule has 1 amide bonds. The molecule has 2 aromatic carbocycles. The predicted molar refractivity (Wildman–Crippen MR) is 120 cm³/mol. The van der Waals surface area contributed by atoms with Crippen LogP contribution in [0.25, 0.3) is 0 Å². The molecule has 29 heavy (non-hydrogen) atoms. The van der Waals surface area contributed by atoms with E-state index in [1.165, 1.54) is 16.1 Å². The van der Waals surface area contributed by atoms with Crippen molar-refractivity contribution < 1.29 is 13.2 Å². The standard InChI is InChI=1S/C23H32N2O3S/c1-6-21(20-13-10-17(2)11-14-20)24-23(26)8-7-15-25(29(5,27)28)22-16-18(3)9-12-19(22)4/h9-14,16,21H,6-8,15H2,1-5H3,(H,24,26)/t21-/m1/s1. The van der Waals surface area contributed by atoms with Crippen LogP contribution in [0.2, 0.25) is 0 Å². The van der Waals surface area contributed by atoms with E-state index in [0.717, 1.165) is 23.1 Å². The highest BCUT2D eigenvalue weighted by Crippen LogP contribution is 2.24. The van der Waals surface area contributed by atoms with Crippen LogP contribution in [-0.2, 0) is 14.8 Å². The lowest BCUT2D eigenvalue weighted by atomic mass is 10.0. The quantitative estimate of drug-likeness (QED) is 0.658. The Kier molecular flexibility index (Phi) is 7.85. The van der Waals surface area contributed by atoms with Crippen molar-refractivity contribution in [2.45, 2.75) is 53.0 Å². The van der Waals surface area contributed by atoms with Gasteiger partial charge in [-0.15, -0.1) is 0 Å². The molecule has 0 saturated heterocycles. The Hall–Kier alpha value is -2.34. The fraction of sp³-hybridized carbons (Fsp3) is 0.435. The van der Waals surface area contributed by atoms with Gasteiger partial charge in [-0.25, -0.2) is 8.42 Å². The third-order valence-electron chi connectivity index (χ3n) is 5.02. The maximum atomic E-state index is 12.5. The summed E-state index contributed by atoms with van der Waals surface area (Å²) in [5.74, 6) is -0.0631. The SMILES string of the molecule is CC[C@@H](NC(=O)CCCN(c1cc(C)ccc1C)S(C)(=O)=O)c1ccc(C)cc1. The number of hydrogen-bond acceptors (Lipinski definition) is 3. The first-order valence-corrected chi connectivity index (χ1v) is 11.9. The summed E-state index contributed by atoms with van der Waals surface area (Å²) >= 11 is 0. The monoisotopic (exact) mass is 416 g/mol. The molecule has 0 heterocycles. The number of aryl methyl sites for hydroxylation is 3. The molecule has 158 valence electrons. The Balaban J connectivity index is 2.00. The second-order valence-electron chi connectivity index (χ2n) is 7.67. The van der Waals surface area contributed by atoms with Gasteiger partial charge in [0.15, 0.2) is 0 Å². The highest BCUT2D eigenvalue weighted by Gasteiger charge is 2.20. The van der Waals surface area contributed by atoms with Crippen LogP contribution in [0.1, 0.15) is 54.5 Å². The van der Waals surface area contributed by atoms with Gasteiger partial charge in [0.25, 0.3) is 0 Å². The summed E-state index contributed by atoms with van der Waals surface area (Å²) in [6, 6.07) is 13.9. The van der Waals surface area contributed by atoms with Crippen molar-refractivity contribution in [2.75, 3.05) is 17.1 Å². The molecule has 0 bridgehead atoms. The highest BCUT2D eigenvalue weighted by atomic mass is 32.2. The predicted octanol–water partition coefficient (Wildman–Crippen LogP) is 4.43. The van der Waals surface area contributed by atoms with Crippen LogP contribution in [0.5, 0.6) is 0 Å². The molecular formula is C23H32N2O3S. The van der Waals surface area contributed by atoms with E-state index in [0.29, 0.717) is 12.1 Å². The first-order chi connectivity index (χ1) is 13.6. The Morgan fingerprint density at radius 3 is 2.24 bits per heavy atom. The van der Waals surface area contributed by atoms with Crippen molar-refractivity contribution in [3.05, 3.63) is 64.7 Å². The van der Waals surface area contributed by atoms with Crippen molar-refractivity contribution in [2.24, 2.45) is 0 Å². The molecule has 0 aromatic heterocycles. The lowest BCUT2D eigenvalue weighted by Gasteiger charge is -2.25. The molecule has 0 spiro atoms. The Labute approximate surface area is 175 Å². The molecule has 1 atom stereocenters. The Bertz CT molecular complexity index is 937. The summed E-state index contributed by atoms with van der Waals surface area (Å²) in [6.07, 6.45) is 2.74. The number of anilines is 1. The van der Waals surface area contributed by atoms with Crippen LogP contribution in [0.3, 0.4) is 0 Å². The number of amides is 1. The Morgan fingerprint density at radius 2 is 1.66 bits per heavy atom. The number of nitrogens with zero attached hydrogens (tertiary/aromatic N) is 1. The summed E-state index contributed by atoms with van der Waals surface area (Å²) in [4.78, 5) is 12.5. The third kappa shape index (κ3) is 6.60. The van der Waals surface area contributed by atoms with Crippen LogP contribution in [-0.4, -0.2) is 27.1 Å². The third-order valence-corrected chi connectivity index (χ3v) is 6.20. The minimum atomic E-state index is -3.43. The van der Waals surface area contributed by atoms with E-state index in [1.54, 1.807) is 0 Å². The fourth-order valence-electron chi connectivity index (χ4n) is 3.32. The van der Waals surface area contributed by atoms with Crippen molar-refractivity contribution in [1.29, 1.82) is 0 Å². The summed E-state index contributed by atoms with van der Waals surface area (Å²) in [6.45, 7) is 8.18. The van der Waals surface area contributed by atoms with Gasteiger partial charge in [-0.3, -0.25) is 9.10 Å². The summed E-state index contributed by atoms with van der Waals surface area (Å²) < 4.78 is 26.1. The maximum Gasteiger partial charge on any atom is 0.232 e. The van der Waals surface area contributed by atoms with E-state index < -0.39 is 10.0 Å². The largest absolute Gasteiger partial charge is 0.349 e. The maximum absolute atomic E-state index is 12.5. The van der Waals surface area contributed by atoms with Crippen LogP contribution < -0.4 is 9.62 Å². The number of hydrogen-bond donors (Lipinski definition) is 1. The average Bonchev–Trinajstić information content (AvgIpc) is 2.65. The van der Waals surface area contributed by atoms with Gasteiger partial charge in [-0.05, 0) is 56.4 Å². The van der Waals surface area contributed by atoms with E-state index in [4.69, 9.17) is 0 Å². The minimum absolute atomic E-state index is 0.0341. The average molecular weight is 417 g/mol. The highest BCUT2D eigenvalue weighted by molar-refractivity contribution is 7.92. The van der Waals surface area contributed by atoms with Crippen LogP contribution in [0, 0.1) is 20.8 Å². The first-order valence-electron chi connectivity index (χ1n) is 10.0. The van der Waals surface area contributed by atoms with E-state index in [1.807, 2.05) is 70.2 Å². The topological polar surface area (TPSA) is 66.5 Å². The molecule has 2 rings (SSSR count). The van der Waals surface area contributed by atoms with Crippen LogP contribution in [0.15, 0.2) is 42.5 Å². The number of benzene rings is 2. The molecule has 0 aliphatic heterocycles. The molecule has 0 saturated carbocycles. The molecule has 1 N–H and O–H groups in total. The van der Waals surface area contributed by atoms with E-state index in [9.17, 15) is 13.2 Å². The zero-order valence-electron chi connectivity index (χ0n) is 18.0. The number of sulfonamides is 1. The molecular weight excluding hydrogens is 384 g/mol. The minimum Gasteiger partial charge on any atom is -0.349 e. The van der Waals surface area contributed by atoms with Gasteiger partial charge in [0, 0.05) is 13.0 Å². The van der Waals surface area contributed by atoms with E-state index >= 15 is 0 Å². The van der Waals surface area contributed by atoms with Gasteiger partial charge >= 0.3 is 0 Å². The lowest BCUT2D eigenvalue weighted by Crippen LogP contribution is -2.33. The van der Waals surface area contributed by atoms with Gasteiger partial charge in [0.1, 0.15) is 0 Å². The zero-order chi connectivity index (χ0) is 21.6. The van der Waals surface area contributed by atoms with Crippen LogP contribution in [0.4, 0.5) is 5.69 Å². The molecule has 0 aliphatic rings. The zero-order valence-corrected chi connectivity index (χ0v) is 18.8. The van der Waals surface area contributed by atoms with Crippen molar-refractivity contribution in [1.82, 2.24) is 5.32 Å². The molecule has 0 unspecified atom stereocenters. The van der Waals surface area contributed by atoms with Gasteiger partial charge in [0.05, 0.1) is 18.0 Å². The molecule has 5 nitrogen and oxygen atoms in total. The second-order valence-corrected chi connectivity index (χ2v) is 9.57. The summed E-state index contributed by atoms with van der Waals surface area (Å²) in [7, 11) is -3.43. The number of carbonyl (C=O) groups excluding carboxylic acids is 1. The molecule has 6 heteroatoms. The van der Waals surface area contributed by atoms with E-state index in [-0.39, 0.29) is 24.9 Å². The van der Waals surface area contributed by atoms with Crippen molar-refractivity contribution in [3.8, 4) is 0 Å². The summed E-state index contributed by atoms with van der Waals surface area (Å²) in [5, 5.41) is 3.07. The second kappa shape index (κ2) is 9.92. The van der Waals surface area contributed by atoms with Gasteiger partial charge in [0.2, 0.25) is 15.9 Å². The smallest absolute Gasteiger partial charge is 0.232 e.